The Labute approximate surface area is 305 Å². The van der Waals surface area contributed by atoms with E-state index in [-0.39, 0.29) is 10.8 Å². The number of hydrogen-bond donors (Lipinski definition) is 0. The molecule has 6 rings (SSSR count). The van der Waals surface area contributed by atoms with E-state index in [2.05, 4.69) is 188 Å². The van der Waals surface area contributed by atoms with Crippen molar-refractivity contribution < 1.29 is 18.0 Å². The van der Waals surface area contributed by atoms with E-state index in [4.69, 9.17) is 0 Å². The van der Waals surface area contributed by atoms with Crippen LogP contribution in [0.15, 0.2) is 97.1 Å². The summed E-state index contributed by atoms with van der Waals surface area (Å²) in [5, 5.41) is 0. The first-order chi connectivity index (χ1) is 23.4. The molecule has 0 heterocycles. The number of rotatable bonds is 8. The maximum atomic E-state index is 2.85. The number of hydrogen-bond acceptors (Lipinski definition) is 0. The predicted molar refractivity (Wildman–Crippen MR) is 220 cm³/mol. The van der Waals surface area contributed by atoms with Crippen LogP contribution in [0.5, 0.6) is 0 Å². The average molecular weight is 830 g/mol. The molecule has 4 aromatic rings. The van der Waals surface area contributed by atoms with Gasteiger partial charge < -0.3 is 0 Å². The second-order valence-corrected chi connectivity index (χ2v) is 45.1. The van der Waals surface area contributed by atoms with Crippen LogP contribution >= 0.6 is 0 Å². The Morgan fingerprint density at radius 3 is 1.30 bits per heavy atom. The van der Waals surface area contributed by atoms with Crippen LogP contribution in [0.3, 0.4) is 0 Å². The third-order valence-corrected chi connectivity index (χ3v) is 39.1. The van der Waals surface area contributed by atoms with Gasteiger partial charge in [0.15, 0.2) is 0 Å². The Bertz CT molecular complexity index is 1900. The van der Waals surface area contributed by atoms with Crippen LogP contribution in [0.2, 0.25) is 9.36 Å². The molecular weight excluding hydrogens is 767 g/mol. The van der Waals surface area contributed by atoms with Crippen molar-refractivity contribution in [2.24, 2.45) is 11.8 Å². The van der Waals surface area contributed by atoms with E-state index < -0.39 is 18.0 Å². The SMILES string of the molecule is CC(C)C[C](CC(C)C)=[Hf]([CH3])([CH3])([CH]1C=Cc2c(-c3cccc(C(C)(C)C)c3)cccc21)[CH]1C=Cc2c(-c3cccc(C(C)(C)C)c3)cccc21. The van der Waals surface area contributed by atoms with Gasteiger partial charge in [-0.2, -0.15) is 0 Å². The van der Waals surface area contributed by atoms with Gasteiger partial charge in [0.25, 0.3) is 0 Å². The van der Waals surface area contributed by atoms with Crippen LogP contribution in [-0.4, -0.2) is 3.26 Å². The average Bonchev–Trinajstić information content (AvgIpc) is 3.70. The zero-order valence-corrected chi connectivity index (χ0v) is 36.7. The monoisotopic (exact) mass is 830 g/mol. The predicted octanol–water partition coefficient (Wildman–Crippen LogP) is 14.5. The van der Waals surface area contributed by atoms with Crippen LogP contribution in [0, 0.1) is 11.8 Å². The van der Waals surface area contributed by atoms with Crippen molar-refractivity contribution >= 4 is 15.4 Å². The van der Waals surface area contributed by atoms with Crippen LogP contribution in [0.4, 0.5) is 0 Å². The van der Waals surface area contributed by atoms with E-state index in [0.717, 1.165) is 0 Å². The van der Waals surface area contributed by atoms with Gasteiger partial charge in [0.05, 0.1) is 0 Å². The Morgan fingerprint density at radius 2 is 0.940 bits per heavy atom. The van der Waals surface area contributed by atoms with E-state index in [9.17, 15) is 0 Å². The zero-order valence-electron chi connectivity index (χ0n) is 33.1. The Kier molecular flexibility index (Phi) is 9.78. The molecule has 0 radical (unpaired) electrons. The third kappa shape index (κ3) is 6.62. The number of benzene rings is 4. The molecule has 0 nitrogen and oxygen atoms in total. The van der Waals surface area contributed by atoms with Crippen LogP contribution in [-0.2, 0) is 28.8 Å². The van der Waals surface area contributed by atoms with E-state index in [1.807, 2.05) is 3.26 Å². The maximum absolute atomic E-state index is 4.22. The molecule has 0 saturated carbocycles. The van der Waals surface area contributed by atoms with Gasteiger partial charge in [-0.25, -0.2) is 0 Å². The van der Waals surface area contributed by atoms with Crippen molar-refractivity contribution in [1.82, 2.24) is 0 Å². The van der Waals surface area contributed by atoms with Gasteiger partial charge >= 0.3 is 308 Å². The summed E-state index contributed by atoms with van der Waals surface area (Å²) in [6.45, 7) is 23.7. The molecule has 2 unspecified atom stereocenters. The van der Waals surface area contributed by atoms with Gasteiger partial charge in [-0.1, -0.05) is 0 Å². The molecule has 0 spiro atoms. The van der Waals surface area contributed by atoms with Crippen molar-refractivity contribution in [1.29, 1.82) is 0 Å². The second kappa shape index (κ2) is 13.3. The van der Waals surface area contributed by atoms with Crippen molar-refractivity contribution in [3.63, 3.8) is 0 Å². The number of allylic oxidation sites excluding steroid dienone is 2. The van der Waals surface area contributed by atoms with E-state index in [1.165, 1.54) is 57.3 Å². The first-order valence-corrected chi connectivity index (χ1v) is 32.4. The fraction of sp³-hybridized carbons (Fsp3) is 0.408. The topological polar surface area (TPSA) is 0 Å². The molecule has 0 saturated heterocycles. The van der Waals surface area contributed by atoms with E-state index in [1.54, 1.807) is 11.1 Å². The van der Waals surface area contributed by atoms with Crippen LogP contribution in [0.1, 0.15) is 123 Å². The third-order valence-electron chi connectivity index (χ3n) is 12.3. The Balaban J connectivity index is 1.58. The van der Waals surface area contributed by atoms with E-state index in [0.29, 0.717) is 19.2 Å². The number of fused-ring (bicyclic) bond motifs is 2. The molecule has 2 atom stereocenters. The summed E-state index contributed by atoms with van der Waals surface area (Å²) >= 11 is -4.22. The summed E-state index contributed by atoms with van der Waals surface area (Å²) in [7, 11) is 0. The summed E-state index contributed by atoms with van der Waals surface area (Å²) in [6.07, 6.45) is 12.8. The normalized spacial score (nSPS) is 17.5. The first-order valence-electron chi connectivity index (χ1n) is 19.3. The molecule has 2 aliphatic carbocycles. The molecule has 4 aromatic carbocycles. The quantitative estimate of drug-likeness (QED) is 0.155. The van der Waals surface area contributed by atoms with Crippen molar-refractivity contribution in [2.45, 2.75) is 110 Å². The van der Waals surface area contributed by atoms with Crippen molar-refractivity contribution in [3.8, 4) is 22.3 Å². The Morgan fingerprint density at radius 1 is 0.560 bits per heavy atom. The molecule has 0 N–H and O–H groups in total. The molecule has 0 amide bonds. The molecule has 0 fully saturated rings. The molecule has 0 aliphatic heterocycles. The molecule has 262 valence electrons. The minimum atomic E-state index is -4.22. The fourth-order valence-electron chi connectivity index (χ4n) is 9.38. The summed E-state index contributed by atoms with van der Waals surface area (Å²) < 4.78 is 8.52. The van der Waals surface area contributed by atoms with Gasteiger partial charge in [-0.15, -0.1) is 0 Å². The van der Waals surface area contributed by atoms with E-state index >= 15 is 0 Å². The van der Waals surface area contributed by atoms with Crippen LogP contribution < -0.4 is 0 Å². The minimum absolute atomic E-state index is 0.113. The van der Waals surface area contributed by atoms with Gasteiger partial charge in [0.2, 0.25) is 0 Å². The zero-order chi connectivity index (χ0) is 36.2. The first kappa shape index (κ1) is 36.9. The summed E-state index contributed by atoms with van der Waals surface area (Å²) in [4.78, 5) is 0. The van der Waals surface area contributed by atoms with Crippen molar-refractivity contribution in [3.05, 3.63) is 130 Å². The van der Waals surface area contributed by atoms with Gasteiger partial charge in [0.1, 0.15) is 0 Å². The molecule has 2 aliphatic rings. The summed E-state index contributed by atoms with van der Waals surface area (Å²) in [5.74, 6) is 1.26. The van der Waals surface area contributed by atoms with Crippen LogP contribution in [0.25, 0.3) is 34.4 Å². The standard InChI is InChI=1S/2C19H19.C9H18.2CH3.Hf/c2*1-19(2,3)16-10-4-9-15(13-16)18-12-6-8-14-7-5-11-17(14)18;1-8(2)6-5-7-9(3)4;;;/h2*4-13H,1-3H3;8-9H,6-7H2,1-4H3;2*1H3;. The molecule has 1 heteroatoms. The van der Waals surface area contributed by atoms with Gasteiger partial charge in [0, 0.05) is 0 Å². The Hall–Kier alpha value is -2.90. The molecular formula is C49H62Hf. The summed E-state index contributed by atoms with van der Waals surface area (Å²) in [5.41, 5.74) is 14.4. The molecule has 50 heavy (non-hydrogen) atoms. The van der Waals surface area contributed by atoms with Crippen molar-refractivity contribution in [2.75, 3.05) is 0 Å². The molecule has 0 aromatic heterocycles. The summed E-state index contributed by atoms with van der Waals surface area (Å²) in [6, 6.07) is 33.0. The van der Waals surface area contributed by atoms with Gasteiger partial charge in [-0.05, 0) is 0 Å². The fourth-order valence-corrected chi connectivity index (χ4v) is 35.1. The van der Waals surface area contributed by atoms with Gasteiger partial charge in [-0.3, -0.25) is 0 Å². The molecule has 0 bridgehead atoms. The second-order valence-electron chi connectivity index (χ2n) is 19.4.